The molecule has 0 spiro atoms. The molecule has 2 aromatic carbocycles. The molecule has 0 heterocycles. The van der Waals surface area contributed by atoms with Crippen molar-refractivity contribution in [2.24, 2.45) is 5.73 Å². The molecular weight excluding hydrogens is 313 g/mol. The molecule has 4 nitrogen and oxygen atoms in total. The molecule has 0 atom stereocenters. The number of nitrogens with two attached hydrogens (primary N) is 1. The normalized spacial score (nSPS) is 10.1. The number of thiocarbonyl (C=S) groups is 1. The van der Waals surface area contributed by atoms with Crippen LogP contribution in [0, 0.1) is 5.82 Å². The Labute approximate surface area is 140 Å². The van der Waals surface area contributed by atoms with Crippen LogP contribution in [0.15, 0.2) is 54.6 Å². The summed E-state index contributed by atoms with van der Waals surface area (Å²) in [6.45, 7) is 0.971. The van der Waals surface area contributed by atoms with Gasteiger partial charge < -0.3 is 16.0 Å². The number of primary amides is 1. The van der Waals surface area contributed by atoms with Crippen molar-refractivity contribution in [3.05, 3.63) is 66.0 Å². The Morgan fingerprint density at radius 2 is 1.78 bits per heavy atom. The number of halogens is 1. The van der Waals surface area contributed by atoms with Gasteiger partial charge in [0.1, 0.15) is 5.82 Å². The van der Waals surface area contributed by atoms with Crippen molar-refractivity contribution in [1.29, 1.82) is 0 Å². The first-order chi connectivity index (χ1) is 11.0. The molecule has 0 unspecified atom stereocenters. The maximum atomic E-state index is 13.0. The molecule has 0 radical (unpaired) electrons. The van der Waals surface area contributed by atoms with E-state index in [0.29, 0.717) is 23.9 Å². The molecule has 120 valence electrons. The third-order valence-corrected chi connectivity index (χ3v) is 3.59. The number of nitrogens with one attached hydrogen (secondary N) is 1. The molecule has 0 aliphatic rings. The maximum Gasteiger partial charge on any atom is 0.219 e. The van der Waals surface area contributed by atoms with Gasteiger partial charge in [0.05, 0.1) is 0 Å². The minimum Gasteiger partial charge on any atom is -0.370 e. The number of nitrogens with zero attached hydrogens (tertiary/aromatic N) is 1. The standard InChI is InChI=1S/C17H18FN3OS/c18-14-6-8-15(9-7-14)20-17(23)21(11-10-16(19)22)12-13-4-2-1-3-5-13/h1-9H,10-12H2,(H2,19,22)(H,20,23). The molecule has 0 saturated heterocycles. The summed E-state index contributed by atoms with van der Waals surface area (Å²) in [7, 11) is 0. The number of amides is 1. The van der Waals surface area contributed by atoms with E-state index in [9.17, 15) is 9.18 Å². The molecule has 2 aromatic rings. The molecule has 0 aliphatic heterocycles. The van der Waals surface area contributed by atoms with E-state index in [0.717, 1.165) is 5.56 Å². The van der Waals surface area contributed by atoms with E-state index in [1.165, 1.54) is 12.1 Å². The SMILES string of the molecule is NC(=O)CCN(Cc1ccccc1)C(=S)Nc1ccc(F)cc1. The van der Waals surface area contributed by atoms with Crippen molar-refractivity contribution in [1.82, 2.24) is 4.90 Å². The molecule has 23 heavy (non-hydrogen) atoms. The van der Waals surface area contributed by atoms with E-state index >= 15 is 0 Å². The highest BCUT2D eigenvalue weighted by atomic mass is 32.1. The summed E-state index contributed by atoms with van der Waals surface area (Å²) >= 11 is 5.41. The molecule has 2 rings (SSSR count). The summed E-state index contributed by atoms with van der Waals surface area (Å²) in [6.07, 6.45) is 0.206. The van der Waals surface area contributed by atoms with Gasteiger partial charge in [-0.05, 0) is 42.0 Å². The smallest absolute Gasteiger partial charge is 0.219 e. The fourth-order valence-corrected chi connectivity index (χ4v) is 2.31. The summed E-state index contributed by atoms with van der Waals surface area (Å²) in [5.74, 6) is -0.691. The van der Waals surface area contributed by atoms with Crippen LogP contribution in [0.25, 0.3) is 0 Å². The van der Waals surface area contributed by atoms with E-state index < -0.39 is 0 Å². The van der Waals surface area contributed by atoms with Crippen LogP contribution in [0.5, 0.6) is 0 Å². The lowest BCUT2D eigenvalue weighted by Crippen LogP contribution is -2.36. The second-order valence-electron chi connectivity index (χ2n) is 5.06. The molecule has 6 heteroatoms. The lowest BCUT2D eigenvalue weighted by atomic mass is 10.2. The van der Waals surface area contributed by atoms with Crippen LogP contribution in [0.1, 0.15) is 12.0 Å². The van der Waals surface area contributed by atoms with Crippen molar-refractivity contribution < 1.29 is 9.18 Å². The van der Waals surface area contributed by atoms with E-state index in [2.05, 4.69) is 5.32 Å². The van der Waals surface area contributed by atoms with Gasteiger partial charge in [0.15, 0.2) is 5.11 Å². The van der Waals surface area contributed by atoms with Crippen LogP contribution in [0.2, 0.25) is 0 Å². The molecule has 0 saturated carbocycles. The van der Waals surface area contributed by atoms with Crippen LogP contribution in [-0.4, -0.2) is 22.5 Å². The first-order valence-corrected chi connectivity index (χ1v) is 7.59. The Morgan fingerprint density at radius 3 is 2.39 bits per heavy atom. The van der Waals surface area contributed by atoms with Crippen molar-refractivity contribution >= 4 is 28.9 Å². The first-order valence-electron chi connectivity index (χ1n) is 7.18. The molecule has 0 fully saturated rings. The first kappa shape index (κ1) is 16.9. The molecule has 1 amide bonds. The Bertz CT molecular complexity index is 661. The molecular formula is C17H18FN3OS. The highest BCUT2D eigenvalue weighted by Crippen LogP contribution is 2.12. The lowest BCUT2D eigenvalue weighted by molar-refractivity contribution is -0.118. The largest absolute Gasteiger partial charge is 0.370 e. The highest BCUT2D eigenvalue weighted by Gasteiger charge is 2.12. The van der Waals surface area contributed by atoms with Crippen molar-refractivity contribution in [2.75, 3.05) is 11.9 Å². The minimum atomic E-state index is -0.382. The van der Waals surface area contributed by atoms with E-state index in [-0.39, 0.29) is 18.1 Å². The minimum absolute atomic E-state index is 0.206. The Balaban J connectivity index is 2.06. The Hall–Kier alpha value is -2.47. The van der Waals surface area contributed by atoms with Gasteiger partial charge in [0.2, 0.25) is 5.91 Å². The van der Waals surface area contributed by atoms with Gasteiger partial charge >= 0.3 is 0 Å². The topological polar surface area (TPSA) is 58.4 Å². The quantitative estimate of drug-likeness (QED) is 0.799. The van der Waals surface area contributed by atoms with Crippen LogP contribution >= 0.6 is 12.2 Å². The number of rotatable bonds is 6. The zero-order chi connectivity index (χ0) is 16.7. The van der Waals surface area contributed by atoms with Crippen molar-refractivity contribution in [3.8, 4) is 0 Å². The average Bonchev–Trinajstić information content (AvgIpc) is 2.54. The summed E-state index contributed by atoms with van der Waals surface area (Å²) in [4.78, 5) is 12.9. The van der Waals surface area contributed by atoms with Crippen LogP contribution in [-0.2, 0) is 11.3 Å². The fraction of sp³-hybridized carbons (Fsp3) is 0.176. The number of hydrogen-bond donors (Lipinski definition) is 2. The Kier molecular flexibility index (Phi) is 6.05. The third kappa shape index (κ3) is 5.67. The van der Waals surface area contributed by atoms with E-state index in [1.54, 1.807) is 12.1 Å². The summed E-state index contributed by atoms with van der Waals surface area (Å²) in [6, 6.07) is 15.7. The van der Waals surface area contributed by atoms with Crippen LogP contribution in [0.4, 0.5) is 10.1 Å². The predicted octanol–water partition coefficient (Wildman–Crippen LogP) is 2.90. The van der Waals surface area contributed by atoms with Gasteiger partial charge in [-0.15, -0.1) is 0 Å². The van der Waals surface area contributed by atoms with Crippen molar-refractivity contribution in [3.63, 3.8) is 0 Å². The second kappa shape index (κ2) is 8.24. The summed E-state index contributed by atoms with van der Waals surface area (Å²) < 4.78 is 13.0. The van der Waals surface area contributed by atoms with E-state index in [1.807, 2.05) is 35.2 Å². The zero-order valence-corrected chi connectivity index (χ0v) is 13.4. The molecule has 0 bridgehead atoms. The molecule has 0 aromatic heterocycles. The van der Waals surface area contributed by atoms with Crippen LogP contribution in [0.3, 0.4) is 0 Å². The number of hydrogen-bond acceptors (Lipinski definition) is 2. The molecule has 3 N–H and O–H groups in total. The number of anilines is 1. The van der Waals surface area contributed by atoms with Gasteiger partial charge in [-0.1, -0.05) is 30.3 Å². The number of carbonyl (C=O) groups is 1. The van der Waals surface area contributed by atoms with Gasteiger partial charge in [-0.25, -0.2) is 4.39 Å². The summed E-state index contributed by atoms with van der Waals surface area (Å²) in [5.41, 5.74) is 6.99. The van der Waals surface area contributed by atoms with Gasteiger partial charge in [0, 0.05) is 25.2 Å². The average molecular weight is 331 g/mol. The van der Waals surface area contributed by atoms with Crippen LogP contribution < -0.4 is 11.1 Å². The summed E-state index contributed by atoms with van der Waals surface area (Å²) in [5, 5.41) is 3.51. The monoisotopic (exact) mass is 331 g/mol. The van der Waals surface area contributed by atoms with E-state index in [4.69, 9.17) is 18.0 Å². The third-order valence-electron chi connectivity index (χ3n) is 3.23. The highest BCUT2D eigenvalue weighted by molar-refractivity contribution is 7.80. The van der Waals surface area contributed by atoms with Gasteiger partial charge in [-0.3, -0.25) is 4.79 Å². The molecule has 0 aliphatic carbocycles. The predicted molar refractivity (Wildman–Crippen MR) is 93.3 cm³/mol. The van der Waals surface area contributed by atoms with Crippen molar-refractivity contribution in [2.45, 2.75) is 13.0 Å². The Morgan fingerprint density at radius 1 is 1.13 bits per heavy atom. The maximum absolute atomic E-state index is 13.0. The lowest BCUT2D eigenvalue weighted by Gasteiger charge is -2.25. The second-order valence-corrected chi connectivity index (χ2v) is 5.45. The fourth-order valence-electron chi connectivity index (χ4n) is 2.04. The zero-order valence-electron chi connectivity index (χ0n) is 12.5. The number of carbonyl (C=O) groups excluding carboxylic acids is 1. The van der Waals surface area contributed by atoms with Gasteiger partial charge in [-0.2, -0.15) is 0 Å². The van der Waals surface area contributed by atoms with Gasteiger partial charge in [0.25, 0.3) is 0 Å². The number of benzene rings is 2.